The van der Waals surface area contributed by atoms with Gasteiger partial charge in [-0.3, -0.25) is 9.59 Å². The van der Waals surface area contributed by atoms with Gasteiger partial charge in [-0.1, -0.05) is 48.9 Å². The van der Waals surface area contributed by atoms with E-state index in [1.807, 2.05) is 51.1 Å². The monoisotopic (exact) mass is 338 g/mol. The van der Waals surface area contributed by atoms with Crippen molar-refractivity contribution in [2.24, 2.45) is 0 Å². The number of carbonyl (C=O) groups is 2. The van der Waals surface area contributed by atoms with Crippen LogP contribution in [0.15, 0.2) is 48.5 Å². The Balaban J connectivity index is 1.98. The van der Waals surface area contributed by atoms with E-state index in [0.29, 0.717) is 24.1 Å². The minimum Gasteiger partial charge on any atom is -0.350 e. The molecule has 0 aliphatic carbocycles. The molecule has 4 heteroatoms. The second-order valence-electron chi connectivity index (χ2n) is 6.36. The van der Waals surface area contributed by atoms with Crippen LogP contribution in [0.4, 0.5) is 5.69 Å². The SMILES string of the molecule is CC[C@@H](C)NC(=O)c1ccccc1NC(=O)CCc1ccc(C)cc1. The first-order valence-electron chi connectivity index (χ1n) is 8.75. The van der Waals surface area contributed by atoms with Gasteiger partial charge in [0.2, 0.25) is 5.91 Å². The number of rotatable bonds is 7. The van der Waals surface area contributed by atoms with Gasteiger partial charge in [0.25, 0.3) is 5.91 Å². The third kappa shape index (κ3) is 5.75. The Morgan fingerprint density at radius 2 is 1.72 bits per heavy atom. The zero-order valence-corrected chi connectivity index (χ0v) is 15.1. The minimum absolute atomic E-state index is 0.0932. The fourth-order valence-corrected chi connectivity index (χ4v) is 2.42. The minimum atomic E-state index is -0.163. The maximum Gasteiger partial charge on any atom is 0.253 e. The summed E-state index contributed by atoms with van der Waals surface area (Å²) in [6.45, 7) is 6.02. The lowest BCUT2D eigenvalue weighted by Gasteiger charge is -2.14. The Kier molecular flexibility index (Phi) is 6.75. The van der Waals surface area contributed by atoms with Crippen LogP contribution < -0.4 is 10.6 Å². The smallest absolute Gasteiger partial charge is 0.253 e. The summed E-state index contributed by atoms with van der Waals surface area (Å²) in [5.74, 6) is -0.256. The third-order valence-corrected chi connectivity index (χ3v) is 4.20. The van der Waals surface area contributed by atoms with Crippen LogP contribution in [0.25, 0.3) is 0 Å². The molecule has 0 saturated carbocycles. The maximum atomic E-state index is 12.4. The molecular weight excluding hydrogens is 312 g/mol. The molecule has 0 fully saturated rings. The summed E-state index contributed by atoms with van der Waals surface area (Å²) >= 11 is 0. The molecule has 2 rings (SSSR count). The van der Waals surface area contributed by atoms with E-state index >= 15 is 0 Å². The summed E-state index contributed by atoms with van der Waals surface area (Å²) in [7, 11) is 0. The molecule has 0 radical (unpaired) electrons. The van der Waals surface area contributed by atoms with E-state index in [1.165, 1.54) is 5.56 Å². The molecule has 0 aliphatic heterocycles. The highest BCUT2D eigenvalue weighted by Gasteiger charge is 2.14. The number of benzene rings is 2. The molecule has 2 N–H and O–H groups in total. The lowest BCUT2D eigenvalue weighted by atomic mass is 10.1. The van der Waals surface area contributed by atoms with Crippen molar-refractivity contribution < 1.29 is 9.59 Å². The largest absolute Gasteiger partial charge is 0.350 e. The highest BCUT2D eigenvalue weighted by Crippen LogP contribution is 2.16. The van der Waals surface area contributed by atoms with Crippen LogP contribution in [0, 0.1) is 6.92 Å². The lowest BCUT2D eigenvalue weighted by molar-refractivity contribution is -0.116. The molecule has 0 spiro atoms. The van der Waals surface area contributed by atoms with Gasteiger partial charge in [-0.05, 0) is 44.4 Å². The second-order valence-corrected chi connectivity index (χ2v) is 6.36. The van der Waals surface area contributed by atoms with Crippen LogP contribution in [-0.2, 0) is 11.2 Å². The Morgan fingerprint density at radius 3 is 2.40 bits per heavy atom. The van der Waals surface area contributed by atoms with Gasteiger partial charge in [0.15, 0.2) is 0 Å². The molecule has 2 amide bonds. The van der Waals surface area contributed by atoms with E-state index in [9.17, 15) is 9.59 Å². The Hall–Kier alpha value is -2.62. The molecule has 132 valence electrons. The van der Waals surface area contributed by atoms with Crippen LogP contribution >= 0.6 is 0 Å². The first kappa shape index (κ1) is 18.7. The van der Waals surface area contributed by atoms with Gasteiger partial charge in [0, 0.05) is 12.5 Å². The van der Waals surface area contributed by atoms with Gasteiger partial charge >= 0.3 is 0 Å². The van der Waals surface area contributed by atoms with Crippen molar-refractivity contribution in [2.45, 2.75) is 46.1 Å². The Morgan fingerprint density at radius 1 is 1.04 bits per heavy atom. The van der Waals surface area contributed by atoms with Gasteiger partial charge in [0.05, 0.1) is 11.3 Å². The Bertz CT molecular complexity index is 723. The number of nitrogens with one attached hydrogen (secondary N) is 2. The van der Waals surface area contributed by atoms with Crippen LogP contribution in [0.3, 0.4) is 0 Å². The lowest BCUT2D eigenvalue weighted by Crippen LogP contribution is -2.32. The molecule has 0 heterocycles. The topological polar surface area (TPSA) is 58.2 Å². The predicted octanol–water partition coefficient (Wildman–Crippen LogP) is 4.09. The molecule has 2 aromatic carbocycles. The summed E-state index contributed by atoms with van der Waals surface area (Å²) in [6.07, 6.45) is 1.91. The zero-order chi connectivity index (χ0) is 18.2. The average molecular weight is 338 g/mol. The van der Waals surface area contributed by atoms with Crippen molar-refractivity contribution in [1.82, 2.24) is 5.32 Å². The van der Waals surface area contributed by atoms with Gasteiger partial charge in [-0.2, -0.15) is 0 Å². The van der Waals surface area contributed by atoms with E-state index in [-0.39, 0.29) is 17.9 Å². The van der Waals surface area contributed by atoms with Gasteiger partial charge in [0.1, 0.15) is 0 Å². The van der Waals surface area contributed by atoms with E-state index in [2.05, 4.69) is 10.6 Å². The average Bonchev–Trinajstić information content (AvgIpc) is 2.61. The van der Waals surface area contributed by atoms with Crippen LogP contribution in [-0.4, -0.2) is 17.9 Å². The number of amides is 2. The van der Waals surface area contributed by atoms with Crippen LogP contribution in [0.2, 0.25) is 0 Å². The molecule has 0 saturated heterocycles. The van der Waals surface area contributed by atoms with Crippen LogP contribution in [0.1, 0.15) is 48.2 Å². The zero-order valence-electron chi connectivity index (χ0n) is 15.1. The van der Waals surface area contributed by atoms with Crippen LogP contribution in [0.5, 0.6) is 0 Å². The number of aryl methyl sites for hydroxylation is 2. The van der Waals surface area contributed by atoms with E-state index < -0.39 is 0 Å². The molecular formula is C21H26N2O2. The molecule has 25 heavy (non-hydrogen) atoms. The molecule has 4 nitrogen and oxygen atoms in total. The molecule has 1 atom stereocenters. The normalized spacial score (nSPS) is 11.6. The molecule has 0 unspecified atom stereocenters. The summed E-state index contributed by atoms with van der Waals surface area (Å²) in [5, 5.41) is 5.80. The van der Waals surface area contributed by atoms with Gasteiger partial charge < -0.3 is 10.6 Å². The number of para-hydroxylation sites is 1. The van der Waals surface area contributed by atoms with Crippen molar-refractivity contribution in [3.05, 3.63) is 65.2 Å². The first-order chi connectivity index (χ1) is 12.0. The van der Waals surface area contributed by atoms with Crippen molar-refractivity contribution in [3.63, 3.8) is 0 Å². The molecule has 0 bridgehead atoms. The summed E-state index contributed by atoms with van der Waals surface area (Å²) in [6, 6.07) is 15.4. The van der Waals surface area contributed by atoms with Crippen molar-refractivity contribution in [1.29, 1.82) is 0 Å². The standard InChI is InChI=1S/C21H26N2O2/c1-4-16(3)22-21(25)18-7-5-6-8-19(18)23-20(24)14-13-17-11-9-15(2)10-12-17/h5-12,16H,4,13-14H2,1-3H3,(H,22,25)(H,23,24)/t16-/m1/s1. The number of anilines is 1. The van der Waals surface area contributed by atoms with Gasteiger partial charge in [-0.15, -0.1) is 0 Å². The molecule has 0 aromatic heterocycles. The predicted molar refractivity (Wildman–Crippen MR) is 102 cm³/mol. The van der Waals surface area contributed by atoms with Crippen molar-refractivity contribution in [2.75, 3.05) is 5.32 Å². The fraction of sp³-hybridized carbons (Fsp3) is 0.333. The van der Waals surface area contributed by atoms with E-state index in [1.54, 1.807) is 18.2 Å². The third-order valence-electron chi connectivity index (χ3n) is 4.20. The first-order valence-corrected chi connectivity index (χ1v) is 8.75. The van der Waals surface area contributed by atoms with E-state index in [4.69, 9.17) is 0 Å². The van der Waals surface area contributed by atoms with Crippen molar-refractivity contribution >= 4 is 17.5 Å². The second kappa shape index (κ2) is 9.02. The molecule has 0 aliphatic rings. The highest BCUT2D eigenvalue weighted by atomic mass is 16.2. The maximum absolute atomic E-state index is 12.4. The molecule has 2 aromatic rings. The number of carbonyl (C=O) groups excluding carboxylic acids is 2. The number of hydrogen-bond donors (Lipinski definition) is 2. The highest BCUT2D eigenvalue weighted by molar-refractivity contribution is 6.03. The number of hydrogen-bond acceptors (Lipinski definition) is 2. The van der Waals surface area contributed by atoms with Crippen molar-refractivity contribution in [3.8, 4) is 0 Å². The van der Waals surface area contributed by atoms with E-state index in [0.717, 1.165) is 12.0 Å². The fourth-order valence-electron chi connectivity index (χ4n) is 2.42. The summed E-state index contributed by atoms with van der Waals surface area (Å²) in [5.41, 5.74) is 3.38. The summed E-state index contributed by atoms with van der Waals surface area (Å²) in [4.78, 5) is 24.6. The summed E-state index contributed by atoms with van der Waals surface area (Å²) < 4.78 is 0. The van der Waals surface area contributed by atoms with Gasteiger partial charge in [-0.25, -0.2) is 0 Å². The quantitative estimate of drug-likeness (QED) is 0.799. The Labute approximate surface area is 149 Å².